The minimum atomic E-state index is -0.432. The van der Waals surface area contributed by atoms with Crippen LogP contribution < -0.4 is 11.2 Å². The van der Waals surface area contributed by atoms with E-state index in [4.69, 9.17) is 10.6 Å². The Morgan fingerprint density at radius 3 is 2.67 bits per heavy atom. The monoisotopic (exact) mass is 172 g/mol. The van der Waals surface area contributed by atoms with Crippen molar-refractivity contribution in [2.24, 2.45) is 5.73 Å². The summed E-state index contributed by atoms with van der Waals surface area (Å²) in [6.45, 7) is -0.0312. The van der Waals surface area contributed by atoms with E-state index >= 15 is 0 Å². The summed E-state index contributed by atoms with van der Waals surface area (Å²) in [5.41, 5.74) is 7.76. The fourth-order valence-electron chi connectivity index (χ4n) is 1.45. The summed E-state index contributed by atoms with van der Waals surface area (Å²) < 4.78 is 0. The molecule has 70 valence electrons. The lowest BCUT2D eigenvalue weighted by atomic mass is 9.96. The van der Waals surface area contributed by atoms with Gasteiger partial charge in [-0.3, -0.25) is 9.63 Å². The van der Waals surface area contributed by atoms with Gasteiger partial charge in [0.15, 0.2) is 0 Å². The van der Waals surface area contributed by atoms with Crippen LogP contribution in [0.3, 0.4) is 0 Å². The van der Waals surface area contributed by atoms with Crippen molar-refractivity contribution >= 4 is 5.91 Å². The summed E-state index contributed by atoms with van der Waals surface area (Å²) in [5.74, 6) is -0.432. The molecule has 4 nitrogen and oxygen atoms in total. The van der Waals surface area contributed by atoms with E-state index in [9.17, 15) is 4.79 Å². The van der Waals surface area contributed by atoms with Gasteiger partial charge in [-0.15, -0.1) is 0 Å². The smallest absolute Gasteiger partial charge is 0.245 e. The highest BCUT2D eigenvalue weighted by Crippen LogP contribution is 2.16. The summed E-state index contributed by atoms with van der Waals surface area (Å²) in [5, 5.41) is 0. The lowest BCUT2D eigenvalue weighted by molar-refractivity contribution is -0.126. The maximum Gasteiger partial charge on any atom is 0.245 e. The number of carbonyl (C=O) groups excluding carboxylic acids is 1. The third-order valence-corrected chi connectivity index (χ3v) is 2.07. The van der Waals surface area contributed by atoms with Crippen LogP contribution in [0.4, 0.5) is 0 Å². The van der Waals surface area contributed by atoms with Gasteiger partial charge >= 0.3 is 0 Å². The van der Waals surface area contributed by atoms with Crippen LogP contribution in [0.25, 0.3) is 0 Å². The zero-order valence-electron chi connectivity index (χ0n) is 7.21. The van der Waals surface area contributed by atoms with Gasteiger partial charge in [0.1, 0.15) is 6.61 Å². The van der Waals surface area contributed by atoms with Crippen LogP contribution in [0.5, 0.6) is 0 Å². The Labute approximate surface area is 72.4 Å². The van der Waals surface area contributed by atoms with E-state index < -0.39 is 5.91 Å². The third kappa shape index (κ3) is 3.69. The first-order valence-corrected chi connectivity index (χ1v) is 4.44. The van der Waals surface area contributed by atoms with E-state index in [1.807, 2.05) is 0 Å². The molecule has 0 aromatic rings. The van der Waals surface area contributed by atoms with Gasteiger partial charge in [0.2, 0.25) is 5.91 Å². The summed E-state index contributed by atoms with van der Waals surface area (Å²) in [4.78, 5) is 15.2. The van der Waals surface area contributed by atoms with Crippen LogP contribution in [0.1, 0.15) is 32.1 Å². The first kappa shape index (κ1) is 9.48. The van der Waals surface area contributed by atoms with Crippen molar-refractivity contribution in [3.63, 3.8) is 0 Å². The van der Waals surface area contributed by atoms with Gasteiger partial charge in [-0.05, 0) is 12.8 Å². The molecule has 1 rings (SSSR count). The fraction of sp³-hybridized carbons (Fsp3) is 0.875. The van der Waals surface area contributed by atoms with Gasteiger partial charge in [-0.2, -0.15) is 5.48 Å². The molecular weight excluding hydrogens is 156 g/mol. The van der Waals surface area contributed by atoms with Crippen LogP contribution >= 0.6 is 0 Å². The zero-order chi connectivity index (χ0) is 8.81. The second-order valence-corrected chi connectivity index (χ2v) is 3.21. The Balaban J connectivity index is 2.01. The molecule has 1 aliphatic rings. The number of carbonyl (C=O) groups is 1. The zero-order valence-corrected chi connectivity index (χ0v) is 7.21. The number of nitrogens with two attached hydrogens (primary N) is 1. The Morgan fingerprint density at radius 1 is 1.42 bits per heavy atom. The van der Waals surface area contributed by atoms with Gasteiger partial charge in [0.25, 0.3) is 0 Å². The van der Waals surface area contributed by atoms with Crippen LogP contribution in [0.15, 0.2) is 0 Å². The quantitative estimate of drug-likeness (QED) is 0.600. The topological polar surface area (TPSA) is 64.4 Å². The van der Waals surface area contributed by atoms with E-state index in [2.05, 4.69) is 5.48 Å². The molecule has 0 radical (unpaired) electrons. The highest BCUT2D eigenvalue weighted by Gasteiger charge is 2.12. The minimum Gasteiger partial charge on any atom is -0.368 e. The van der Waals surface area contributed by atoms with Gasteiger partial charge < -0.3 is 5.73 Å². The molecule has 0 spiro atoms. The second-order valence-electron chi connectivity index (χ2n) is 3.21. The number of primary amides is 1. The van der Waals surface area contributed by atoms with Gasteiger partial charge in [-0.1, -0.05) is 19.3 Å². The van der Waals surface area contributed by atoms with Crippen molar-refractivity contribution in [3.05, 3.63) is 0 Å². The average molecular weight is 172 g/mol. The van der Waals surface area contributed by atoms with Gasteiger partial charge in [0.05, 0.1) is 0 Å². The Bertz CT molecular complexity index is 144. The Morgan fingerprint density at radius 2 is 2.08 bits per heavy atom. The number of amides is 1. The molecular formula is C8H16N2O2. The van der Waals surface area contributed by atoms with Gasteiger partial charge in [0, 0.05) is 6.04 Å². The molecule has 0 aromatic carbocycles. The number of hydrogen-bond donors (Lipinski definition) is 2. The number of rotatable bonds is 4. The van der Waals surface area contributed by atoms with E-state index in [1.54, 1.807) is 0 Å². The maximum atomic E-state index is 10.3. The summed E-state index contributed by atoms with van der Waals surface area (Å²) in [6.07, 6.45) is 6.08. The summed E-state index contributed by atoms with van der Waals surface area (Å²) in [7, 11) is 0. The number of hydroxylamine groups is 1. The SMILES string of the molecule is NC(=O)CONC1CCCCC1. The van der Waals surface area contributed by atoms with Gasteiger partial charge in [-0.25, -0.2) is 0 Å². The van der Waals surface area contributed by atoms with E-state index in [-0.39, 0.29) is 6.61 Å². The fourth-order valence-corrected chi connectivity index (χ4v) is 1.45. The number of hydrogen-bond acceptors (Lipinski definition) is 3. The van der Waals surface area contributed by atoms with Crippen molar-refractivity contribution in [3.8, 4) is 0 Å². The largest absolute Gasteiger partial charge is 0.368 e. The van der Waals surface area contributed by atoms with Crippen molar-refractivity contribution in [1.29, 1.82) is 0 Å². The second kappa shape index (κ2) is 5.11. The van der Waals surface area contributed by atoms with Crippen LogP contribution in [0.2, 0.25) is 0 Å². The van der Waals surface area contributed by atoms with Crippen LogP contribution in [-0.4, -0.2) is 18.6 Å². The van der Waals surface area contributed by atoms with Crippen molar-refractivity contribution < 1.29 is 9.63 Å². The Kier molecular flexibility index (Phi) is 4.04. The van der Waals surface area contributed by atoms with Crippen LogP contribution in [0, 0.1) is 0 Å². The van der Waals surface area contributed by atoms with Crippen molar-refractivity contribution in [1.82, 2.24) is 5.48 Å². The maximum absolute atomic E-state index is 10.3. The van der Waals surface area contributed by atoms with E-state index in [1.165, 1.54) is 19.3 Å². The molecule has 0 heterocycles. The molecule has 0 saturated heterocycles. The average Bonchev–Trinajstić information content (AvgIpc) is 2.05. The van der Waals surface area contributed by atoms with E-state index in [0.29, 0.717) is 6.04 Å². The van der Waals surface area contributed by atoms with Crippen molar-refractivity contribution in [2.75, 3.05) is 6.61 Å². The predicted octanol–water partition coefficient (Wildman–Crippen LogP) is 0.326. The molecule has 0 aliphatic heterocycles. The molecule has 12 heavy (non-hydrogen) atoms. The molecule has 0 bridgehead atoms. The normalized spacial score (nSPS) is 19.3. The van der Waals surface area contributed by atoms with Crippen LogP contribution in [-0.2, 0) is 9.63 Å². The molecule has 1 fully saturated rings. The molecule has 3 N–H and O–H groups in total. The first-order chi connectivity index (χ1) is 5.79. The minimum absolute atomic E-state index is 0.0312. The summed E-state index contributed by atoms with van der Waals surface area (Å²) >= 11 is 0. The molecule has 0 unspecified atom stereocenters. The lowest BCUT2D eigenvalue weighted by Gasteiger charge is -2.21. The summed E-state index contributed by atoms with van der Waals surface area (Å²) in [6, 6.07) is 0.415. The standard InChI is InChI=1S/C8H16N2O2/c9-8(11)6-12-10-7-4-2-1-3-5-7/h7,10H,1-6H2,(H2,9,11). The molecule has 0 atom stereocenters. The third-order valence-electron chi connectivity index (χ3n) is 2.07. The Hall–Kier alpha value is -0.610. The molecule has 1 amide bonds. The molecule has 0 aromatic heterocycles. The highest BCUT2D eigenvalue weighted by atomic mass is 16.6. The highest BCUT2D eigenvalue weighted by molar-refractivity contribution is 5.74. The molecule has 1 saturated carbocycles. The van der Waals surface area contributed by atoms with E-state index in [0.717, 1.165) is 12.8 Å². The first-order valence-electron chi connectivity index (χ1n) is 4.44. The van der Waals surface area contributed by atoms with Crippen molar-refractivity contribution in [2.45, 2.75) is 38.1 Å². The predicted molar refractivity (Wildman–Crippen MR) is 45.2 cm³/mol. The molecule has 1 aliphatic carbocycles. The molecule has 4 heteroatoms. The lowest BCUT2D eigenvalue weighted by Crippen LogP contribution is -2.34. The number of nitrogens with one attached hydrogen (secondary N) is 1.